The molecule has 0 saturated heterocycles. The van der Waals surface area contributed by atoms with Crippen molar-refractivity contribution in [2.45, 2.75) is 11.8 Å². The Morgan fingerprint density at radius 1 is 1.33 bits per heavy atom. The number of thioether (sulfide) groups is 1. The number of aryl methyl sites for hydroxylation is 1. The molecule has 0 saturated carbocycles. The van der Waals surface area contributed by atoms with Crippen LogP contribution >= 0.6 is 11.8 Å². The van der Waals surface area contributed by atoms with Crippen LogP contribution in [0.5, 0.6) is 0 Å². The van der Waals surface area contributed by atoms with Crippen LogP contribution in [0, 0.1) is 6.92 Å². The third kappa shape index (κ3) is 2.03. The predicted molar refractivity (Wildman–Crippen MR) is 52.8 cm³/mol. The second-order valence-corrected chi connectivity index (χ2v) is 3.48. The average molecular weight is 182 g/mol. The van der Waals surface area contributed by atoms with Crippen LogP contribution in [-0.2, 0) is 0 Å². The minimum absolute atomic E-state index is 0.585. The molecule has 1 aromatic carbocycles. The molecule has 0 spiro atoms. The fourth-order valence-electron chi connectivity index (χ4n) is 1.02. The van der Waals surface area contributed by atoms with Crippen LogP contribution in [0.3, 0.4) is 0 Å². The van der Waals surface area contributed by atoms with Gasteiger partial charge in [0.25, 0.3) is 0 Å². The summed E-state index contributed by atoms with van der Waals surface area (Å²) in [6, 6.07) is 5.65. The largest absolute Gasteiger partial charge is 0.488 e. The number of benzene rings is 1. The van der Waals surface area contributed by atoms with Gasteiger partial charge in [0.2, 0.25) is 0 Å². The molecule has 1 rings (SSSR count). The summed E-state index contributed by atoms with van der Waals surface area (Å²) in [7, 11) is -1.36. The lowest BCUT2D eigenvalue weighted by atomic mass is 9.77. The summed E-state index contributed by atoms with van der Waals surface area (Å²) < 4.78 is 0. The summed E-state index contributed by atoms with van der Waals surface area (Å²) in [5.41, 5.74) is 1.49. The van der Waals surface area contributed by atoms with Crippen LogP contribution in [0.4, 0.5) is 0 Å². The topological polar surface area (TPSA) is 40.5 Å². The summed E-state index contributed by atoms with van der Waals surface area (Å²) in [4.78, 5) is 1.05. The van der Waals surface area contributed by atoms with Crippen LogP contribution in [0.1, 0.15) is 5.56 Å². The highest BCUT2D eigenvalue weighted by atomic mass is 32.2. The van der Waals surface area contributed by atoms with Crippen LogP contribution in [0.2, 0.25) is 0 Å². The maximum atomic E-state index is 8.97. The summed E-state index contributed by atoms with van der Waals surface area (Å²) in [5, 5.41) is 17.9. The smallest absolute Gasteiger partial charge is 0.423 e. The van der Waals surface area contributed by atoms with Gasteiger partial charge in [-0.15, -0.1) is 11.8 Å². The zero-order valence-electron chi connectivity index (χ0n) is 7.11. The standard InChI is InChI=1S/C8H11BO2S/c1-6-3-4-7(12-2)5-8(6)9(10)11/h3-5,10-11H,1-2H3. The first-order valence-corrected chi connectivity index (χ1v) is 4.88. The van der Waals surface area contributed by atoms with E-state index in [1.165, 1.54) is 0 Å². The first kappa shape index (κ1) is 9.64. The van der Waals surface area contributed by atoms with E-state index in [1.54, 1.807) is 17.8 Å². The van der Waals surface area contributed by atoms with Gasteiger partial charge in [0, 0.05) is 4.90 Å². The van der Waals surface area contributed by atoms with Crippen molar-refractivity contribution in [1.29, 1.82) is 0 Å². The van der Waals surface area contributed by atoms with Crippen molar-refractivity contribution < 1.29 is 10.0 Å². The van der Waals surface area contributed by atoms with Gasteiger partial charge < -0.3 is 10.0 Å². The third-order valence-corrected chi connectivity index (χ3v) is 2.49. The Kier molecular flexibility index (Phi) is 3.20. The number of hydrogen-bond acceptors (Lipinski definition) is 3. The monoisotopic (exact) mass is 182 g/mol. The van der Waals surface area contributed by atoms with E-state index < -0.39 is 7.12 Å². The molecule has 0 aliphatic rings. The Balaban J connectivity index is 3.08. The van der Waals surface area contributed by atoms with Crippen molar-refractivity contribution >= 4 is 24.3 Å². The number of hydrogen-bond donors (Lipinski definition) is 2. The van der Waals surface area contributed by atoms with Gasteiger partial charge in [0.1, 0.15) is 0 Å². The highest BCUT2D eigenvalue weighted by molar-refractivity contribution is 7.98. The minimum atomic E-state index is -1.36. The molecule has 0 heterocycles. The van der Waals surface area contributed by atoms with Crippen molar-refractivity contribution in [3.63, 3.8) is 0 Å². The summed E-state index contributed by atoms with van der Waals surface area (Å²) >= 11 is 1.59. The van der Waals surface area contributed by atoms with E-state index >= 15 is 0 Å². The van der Waals surface area contributed by atoms with Crippen LogP contribution in [-0.4, -0.2) is 23.4 Å². The molecule has 0 aliphatic carbocycles. The first-order chi connectivity index (χ1) is 5.65. The van der Waals surface area contributed by atoms with Crippen molar-refractivity contribution in [3.05, 3.63) is 23.8 Å². The molecular formula is C8H11BO2S. The normalized spacial score (nSPS) is 10.0. The van der Waals surface area contributed by atoms with Gasteiger partial charge in [-0.2, -0.15) is 0 Å². The molecule has 0 radical (unpaired) electrons. The molecule has 2 nitrogen and oxygen atoms in total. The molecule has 0 fully saturated rings. The van der Waals surface area contributed by atoms with Crippen LogP contribution < -0.4 is 5.46 Å². The van der Waals surface area contributed by atoms with Gasteiger partial charge in [-0.05, 0) is 30.8 Å². The minimum Gasteiger partial charge on any atom is -0.423 e. The average Bonchev–Trinajstić information content (AvgIpc) is 2.05. The van der Waals surface area contributed by atoms with Gasteiger partial charge in [-0.1, -0.05) is 11.6 Å². The molecule has 0 aromatic heterocycles. The Bertz CT molecular complexity index is 276. The van der Waals surface area contributed by atoms with Crippen LogP contribution in [0.25, 0.3) is 0 Å². The fourth-order valence-corrected chi connectivity index (χ4v) is 1.47. The molecule has 0 bridgehead atoms. The lowest BCUT2D eigenvalue weighted by molar-refractivity contribution is 0.425. The van der Waals surface area contributed by atoms with Crippen molar-refractivity contribution in [2.24, 2.45) is 0 Å². The molecule has 1 aromatic rings. The van der Waals surface area contributed by atoms with Crippen LogP contribution in [0.15, 0.2) is 23.1 Å². The molecular weight excluding hydrogens is 171 g/mol. The Hall–Kier alpha value is -0.445. The second kappa shape index (κ2) is 3.98. The van der Waals surface area contributed by atoms with Gasteiger partial charge in [0.15, 0.2) is 0 Å². The molecule has 4 heteroatoms. The Labute approximate surface area is 76.8 Å². The van der Waals surface area contributed by atoms with Crippen molar-refractivity contribution in [1.82, 2.24) is 0 Å². The molecule has 0 aliphatic heterocycles. The van der Waals surface area contributed by atoms with E-state index in [9.17, 15) is 0 Å². The molecule has 2 N–H and O–H groups in total. The van der Waals surface area contributed by atoms with Gasteiger partial charge in [0.05, 0.1) is 0 Å². The fraction of sp³-hybridized carbons (Fsp3) is 0.250. The lowest BCUT2D eigenvalue weighted by Gasteiger charge is -2.05. The summed E-state index contributed by atoms with van der Waals surface area (Å²) in [5.74, 6) is 0. The summed E-state index contributed by atoms with van der Waals surface area (Å²) in [6.45, 7) is 1.86. The SMILES string of the molecule is CSc1ccc(C)c(B(O)O)c1. The Morgan fingerprint density at radius 2 is 2.00 bits per heavy atom. The Morgan fingerprint density at radius 3 is 2.50 bits per heavy atom. The zero-order valence-corrected chi connectivity index (χ0v) is 7.93. The molecule has 0 amide bonds. The van der Waals surface area contributed by atoms with Gasteiger partial charge >= 0.3 is 7.12 Å². The molecule has 0 atom stereocenters. The van der Waals surface area contributed by atoms with E-state index in [2.05, 4.69) is 0 Å². The lowest BCUT2D eigenvalue weighted by Crippen LogP contribution is -2.32. The molecule has 64 valence electrons. The highest BCUT2D eigenvalue weighted by Gasteiger charge is 2.13. The highest BCUT2D eigenvalue weighted by Crippen LogP contribution is 2.13. The van der Waals surface area contributed by atoms with E-state index in [1.807, 2.05) is 25.3 Å². The van der Waals surface area contributed by atoms with E-state index in [0.717, 1.165) is 10.5 Å². The molecule has 0 unspecified atom stereocenters. The molecule has 12 heavy (non-hydrogen) atoms. The maximum absolute atomic E-state index is 8.97. The van der Waals surface area contributed by atoms with Gasteiger partial charge in [-0.3, -0.25) is 0 Å². The zero-order chi connectivity index (χ0) is 9.14. The maximum Gasteiger partial charge on any atom is 0.488 e. The van der Waals surface area contributed by atoms with E-state index in [0.29, 0.717) is 5.46 Å². The van der Waals surface area contributed by atoms with Gasteiger partial charge in [-0.25, -0.2) is 0 Å². The first-order valence-electron chi connectivity index (χ1n) is 3.66. The van der Waals surface area contributed by atoms with Crippen molar-refractivity contribution in [3.8, 4) is 0 Å². The predicted octanol–water partition coefficient (Wildman–Crippen LogP) is 0.397. The third-order valence-electron chi connectivity index (χ3n) is 1.76. The van der Waals surface area contributed by atoms with Crippen molar-refractivity contribution in [2.75, 3.05) is 6.26 Å². The quantitative estimate of drug-likeness (QED) is 0.513. The number of rotatable bonds is 2. The summed E-state index contributed by atoms with van der Waals surface area (Å²) in [6.07, 6.45) is 1.96. The second-order valence-electron chi connectivity index (χ2n) is 2.60. The van der Waals surface area contributed by atoms with E-state index in [-0.39, 0.29) is 0 Å². The van der Waals surface area contributed by atoms with E-state index in [4.69, 9.17) is 10.0 Å².